The molecule has 0 radical (unpaired) electrons. The minimum absolute atomic E-state index is 0.147. The number of aryl methyl sites for hydroxylation is 1. The largest absolute Gasteiger partial charge is 0.497 e. The molecule has 0 amide bonds. The maximum atomic E-state index is 5.56. The van der Waals surface area contributed by atoms with E-state index in [-0.39, 0.29) is 6.04 Å². The summed E-state index contributed by atoms with van der Waals surface area (Å²) in [5, 5.41) is 6.92. The van der Waals surface area contributed by atoms with Crippen LogP contribution in [0.15, 0.2) is 76.4 Å². The van der Waals surface area contributed by atoms with Gasteiger partial charge in [-0.1, -0.05) is 29.8 Å². The zero-order chi connectivity index (χ0) is 17.2. The van der Waals surface area contributed by atoms with Crippen molar-refractivity contribution >= 4 is 11.4 Å². The van der Waals surface area contributed by atoms with Crippen LogP contribution in [0, 0.1) is 6.92 Å². The smallest absolute Gasteiger partial charge is 0.149 e. The number of benzene rings is 2. The molecule has 1 unspecified atom stereocenters. The summed E-state index contributed by atoms with van der Waals surface area (Å²) in [6.45, 7) is 2.10. The van der Waals surface area contributed by atoms with Crippen molar-refractivity contribution in [1.82, 2.24) is 0 Å². The van der Waals surface area contributed by atoms with Crippen LogP contribution in [-0.4, -0.2) is 12.8 Å². The Hall–Kier alpha value is -3.01. The second-order valence-corrected chi connectivity index (χ2v) is 6.20. The zero-order valence-corrected chi connectivity index (χ0v) is 14.3. The maximum absolute atomic E-state index is 5.56. The molecule has 1 atom stereocenters. The number of ether oxygens (including phenoxy) is 1. The molecule has 25 heavy (non-hydrogen) atoms. The first-order chi connectivity index (χ1) is 12.2. The second kappa shape index (κ2) is 6.48. The van der Waals surface area contributed by atoms with E-state index in [1.807, 2.05) is 36.4 Å². The third-order valence-electron chi connectivity index (χ3n) is 4.52. The molecule has 1 aliphatic rings. The molecule has 2 aromatic carbocycles. The Morgan fingerprint density at radius 1 is 1.04 bits per heavy atom. The monoisotopic (exact) mass is 332 g/mol. The zero-order valence-electron chi connectivity index (χ0n) is 14.3. The highest BCUT2D eigenvalue weighted by atomic mass is 16.5. The van der Waals surface area contributed by atoms with E-state index in [0.29, 0.717) is 0 Å². The van der Waals surface area contributed by atoms with Crippen LogP contribution in [0.1, 0.15) is 29.3 Å². The van der Waals surface area contributed by atoms with Gasteiger partial charge in [0, 0.05) is 6.42 Å². The molecule has 4 heteroatoms. The van der Waals surface area contributed by atoms with Gasteiger partial charge in [-0.3, -0.25) is 5.01 Å². The van der Waals surface area contributed by atoms with Crippen LogP contribution in [0.3, 0.4) is 0 Å². The first-order valence-corrected chi connectivity index (χ1v) is 8.36. The highest BCUT2D eigenvalue weighted by Gasteiger charge is 2.30. The molecule has 4 rings (SSSR count). The van der Waals surface area contributed by atoms with Gasteiger partial charge in [0.1, 0.15) is 17.2 Å². The molecule has 0 bridgehead atoms. The van der Waals surface area contributed by atoms with Gasteiger partial charge in [-0.25, -0.2) is 0 Å². The van der Waals surface area contributed by atoms with E-state index in [4.69, 9.17) is 14.3 Å². The van der Waals surface area contributed by atoms with E-state index in [1.54, 1.807) is 13.4 Å². The lowest BCUT2D eigenvalue weighted by molar-refractivity contribution is 0.415. The number of methoxy groups -OCH3 is 1. The summed E-state index contributed by atoms with van der Waals surface area (Å²) in [5.74, 6) is 1.66. The first kappa shape index (κ1) is 15.5. The second-order valence-electron chi connectivity index (χ2n) is 6.20. The van der Waals surface area contributed by atoms with Gasteiger partial charge in [0.15, 0.2) is 0 Å². The molecule has 0 saturated carbocycles. The molecule has 3 aromatic rings. The van der Waals surface area contributed by atoms with Crippen molar-refractivity contribution in [3.8, 4) is 5.75 Å². The van der Waals surface area contributed by atoms with Crippen LogP contribution in [0.2, 0.25) is 0 Å². The summed E-state index contributed by atoms with van der Waals surface area (Å²) in [6.07, 6.45) is 2.50. The fraction of sp³-hybridized carbons (Fsp3) is 0.190. The van der Waals surface area contributed by atoms with E-state index in [0.717, 1.165) is 29.3 Å². The molecule has 126 valence electrons. The maximum Gasteiger partial charge on any atom is 0.149 e. The molecule has 4 nitrogen and oxygen atoms in total. The van der Waals surface area contributed by atoms with E-state index in [2.05, 4.69) is 36.2 Å². The molecular weight excluding hydrogens is 312 g/mol. The average Bonchev–Trinajstić information content (AvgIpc) is 3.32. The molecule has 0 N–H and O–H groups in total. The third kappa shape index (κ3) is 3.03. The Morgan fingerprint density at radius 2 is 1.80 bits per heavy atom. The van der Waals surface area contributed by atoms with Gasteiger partial charge in [0.2, 0.25) is 0 Å². The number of furan rings is 1. The SMILES string of the molecule is COc1ccc(N2N=C(c3ccco3)CC2c2ccc(C)cc2)cc1. The van der Waals surface area contributed by atoms with E-state index in [1.165, 1.54) is 11.1 Å². The standard InChI is InChI=1S/C21H20N2O2/c1-15-5-7-16(8-6-15)20-14-19(21-4-3-13-25-21)22-23(20)17-9-11-18(24-2)12-10-17/h3-13,20H,14H2,1-2H3. The van der Waals surface area contributed by atoms with E-state index < -0.39 is 0 Å². The lowest BCUT2D eigenvalue weighted by Gasteiger charge is -2.24. The number of hydrogen-bond donors (Lipinski definition) is 0. The van der Waals surface area contributed by atoms with Crippen LogP contribution in [-0.2, 0) is 0 Å². The molecule has 0 saturated heterocycles. The molecule has 0 fully saturated rings. The minimum atomic E-state index is 0.147. The third-order valence-corrected chi connectivity index (χ3v) is 4.52. The first-order valence-electron chi connectivity index (χ1n) is 8.36. The quantitative estimate of drug-likeness (QED) is 0.678. The topological polar surface area (TPSA) is 38.0 Å². The lowest BCUT2D eigenvalue weighted by Crippen LogP contribution is -2.18. The van der Waals surface area contributed by atoms with Gasteiger partial charge >= 0.3 is 0 Å². The van der Waals surface area contributed by atoms with Gasteiger partial charge in [0.05, 0.1) is 25.1 Å². The van der Waals surface area contributed by atoms with Crippen LogP contribution in [0.5, 0.6) is 5.75 Å². The number of anilines is 1. The summed E-state index contributed by atoms with van der Waals surface area (Å²) in [6, 6.07) is 20.6. The summed E-state index contributed by atoms with van der Waals surface area (Å²) < 4.78 is 10.8. The van der Waals surface area contributed by atoms with Gasteiger partial charge < -0.3 is 9.15 Å². The fourth-order valence-electron chi connectivity index (χ4n) is 3.12. The van der Waals surface area contributed by atoms with Crippen molar-refractivity contribution < 1.29 is 9.15 Å². The summed E-state index contributed by atoms with van der Waals surface area (Å²) >= 11 is 0. The number of hydrogen-bond acceptors (Lipinski definition) is 4. The van der Waals surface area contributed by atoms with Crippen LogP contribution in [0.25, 0.3) is 0 Å². The molecule has 0 spiro atoms. The number of rotatable bonds is 4. The molecule has 1 aliphatic heterocycles. The number of hydrazone groups is 1. The normalized spacial score (nSPS) is 16.8. The predicted octanol–water partition coefficient (Wildman–Crippen LogP) is 4.95. The Morgan fingerprint density at radius 3 is 2.44 bits per heavy atom. The Labute approximate surface area is 147 Å². The van der Waals surface area contributed by atoms with Crippen molar-refractivity contribution in [3.05, 3.63) is 83.8 Å². The fourth-order valence-corrected chi connectivity index (χ4v) is 3.12. The molecule has 0 aliphatic carbocycles. The summed E-state index contributed by atoms with van der Waals surface area (Å²) in [4.78, 5) is 0. The van der Waals surface area contributed by atoms with Gasteiger partial charge in [-0.05, 0) is 48.9 Å². The molecular formula is C21H20N2O2. The van der Waals surface area contributed by atoms with Crippen molar-refractivity contribution in [2.24, 2.45) is 5.10 Å². The molecule has 1 aromatic heterocycles. The van der Waals surface area contributed by atoms with E-state index in [9.17, 15) is 0 Å². The van der Waals surface area contributed by atoms with Gasteiger partial charge in [0.25, 0.3) is 0 Å². The van der Waals surface area contributed by atoms with Gasteiger partial charge in [-0.2, -0.15) is 5.10 Å². The predicted molar refractivity (Wildman–Crippen MR) is 99.3 cm³/mol. The van der Waals surface area contributed by atoms with Crippen LogP contribution in [0.4, 0.5) is 5.69 Å². The van der Waals surface area contributed by atoms with Crippen molar-refractivity contribution in [2.45, 2.75) is 19.4 Å². The van der Waals surface area contributed by atoms with E-state index >= 15 is 0 Å². The van der Waals surface area contributed by atoms with Crippen LogP contribution >= 0.6 is 0 Å². The van der Waals surface area contributed by atoms with Crippen molar-refractivity contribution in [1.29, 1.82) is 0 Å². The van der Waals surface area contributed by atoms with Gasteiger partial charge in [-0.15, -0.1) is 0 Å². The minimum Gasteiger partial charge on any atom is -0.497 e. The van der Waals surface area contributed by atoms with Crippen molar-refractivity contribution in [3.63, 3.8) is 0 Å². The Kier molecular flexibility index (Phi) is 4.02. The average molecular weight is 332 g/mol. The highest BCUT2D eigenvalue weighted by molar-refractivity contribution is 6.01. The highest BCUT2D eigenvalue weighted by Crippen LogP contribution is 2.37. The van der Waals surface area contributed by atoms with Crippen molar-refractivity contribution in [2.75, 3.05) is 12.1 Å². The number of nitrogens with zero attached hydrogens (tertiary/aromatic N) is 2. The molecule has 2 heterocycles. The Balaban J connectivity index is 1.72. The summed E-state index contributed by atoms with van der Waals surface area (Å²) in [7, 11) is 1.67. The summed E-state index contributed by atoms with van der Waals surface area (Å²) in [5.41, 5.74) is 4.50. The Bertz CT molecular complexity index is 865. The van der Waals surface area contributed by atoms with Crippen LogP contribution < -0.4 is 9.75 Å². The lowest BCUT2D eigenvalue weighted by atomic mass is 9.99.